The third kappa shape index (κ3) is 17.4. The molecule has 0 aliphatic carbocycles. The van der Waals surface area contributed by atoms with E-state index in [1.165, 1.54) is 30.4 Å². The second-order valence-corrected chi connectivity index (χ2v) is 23.3. The molecule has 0 bridgehead atoms. The maximum atomic E-state index is 14.7. The molecule has 3 saturated heterocycles. The van der Waals surface area contributed by atoms with Gasteiger partial charge in [0.2, 0.25) is 41.4 Å². The molecule has 34 heteroatoms. The van der Waals surface area contributed by atoms with Crippen molar-refractivity contribution in [1.29, 1.82) is 0 Å². The third-order valence-electron chi connectivity index (χ3n) is 15.4. The van der Waals surface area contributed by atoms with Gasteiger partial charge in [0.15, 0.2) is 11.5 Å². The number of β-amino-alcohol motifs (C(OH)–C–C–N with tert-alkyl or cyclic N) is 1. The van der Waals surface area contributed by atoms with Crippen molar-refractivity contribution in [3.05, 3.63) is 102 Å². The van der Waals surface area contributed by atoms with Crippen LogP contribution in [0.2, 0.25) is 0 Å². The topological polar surface area (TPSA) is 477 Å². The summed E-state index contributed by atoms with van der Waals surface area (Å²) in [5.74, 6) is -11.3. The van der Waals surface area contributed by atoms with Crippen LogP contribution in [-0.4, -0.2) is 207 Å². The van der Waals surface area contributed by atoms with Crippen LogP contribution in [0.25, 0.3) is 32.3 Å². The Labute approximate surface area is 555 Å². The van der Waals surface area contributed by atoms with Gasteiger partial charge in [0.1, 0.15) is 64.2 Å². The van der Waals surface area contributed by atoms with Crippen molar-refractivity contribution in [1.82, 2.24) is 46.6 Å². The van der Waals surface area contributed by atoms with Crippen LogP contribution in [0.4, 0.5) is 0 Å². The van der Waals surface area contributed by atoms with Crippen LogP contribution in [0, 0.1) is 5.92 Å². The number of carbonyl (C=O) groups excluding carboxylic acids is 8. The van der Waals surface area contributed by atoms with Crippen LogP contribution in [0.3, 0.4) is 0 Å². The number of amides is 8. The summed E-state index contributed by atoms with van der Waals surface area (Å²) in [6, 6.07) is 11.9. The Morgan fingerprint density at radius 2 is 1.35 bits per heavy atom. The minimum absolute atomic E-state index is 0. The molecule has 8 amide bonds. The fourth-order valence-electron chi connectivity index (χ4n) is 10.6. The Balaban J connectivity index is 0.0000120. The van der Waals surface area contributed by atoms with Crippen LogP contribution in [-0.2, 0) is 42.9 Å². The molecule has 8 rings (SSSR count). The largest absolute Gasteiger partial charge is 1.00 e. The second kappa shape index (κ2) is 32.4. The fourth-order valence-corrected chi connectivity index (χ4v) is 11.7. The van der Waals surface area contributed by atoms with Crippen molar-refractivity contribution in [2.45, 2.75) is 119 Å². The van der Waals surface area contributed by atoms with E-state index >= 15 is 0 Å². The van der Waals surface area contributed by atoms with Crippen molar-refractivity contribution in [3.8, 4) is 49.5 Å². The minimum atomic E-state index is -2.54. The molecule has 92 heavy (non-hydrogen) atoms. The Hall–Kier alpha value is -7.45. The van der Waals surface area contributed by atoms with Gasteiger partial charge in [-0.15, -0.1) is 14.5 Å². The Morgan fingerprint density at radius 3 is 1.96 bits per heavy atom. The van der Waals surface area contributed by atoms with Crippen LogP contribution in [0.15, 0.2) is 91.0 Å². The van der Waals surface area contributed by atoms with Crippen molar-refractivity contribution < 1.29 is 132 Å². The van der Waals surface area contributed by atoms with Crippen molar-refractivity contribution in [3.63, 3.8) is 0 Å². The van der Waals surface area contributed by atoms with Gasteiger partial charge in [-0.2, -0.15) is 0 Å². The van der Waals surface area contributed by atoms with E-state index in [-0.39, 0.29) is 53.0 Å². The quantitative estimate of drug-likeness (QED) is 0.0128. The molecule has 0 spiro atoms. The number of nitrogens with two attached hydrogens (primary N) is 1. The molecule has 3 aliphatic rings. The number of phenolic OH excluding ortho intramolecular Hbond substituents is 1. The summed E-state index contributed by atoms with van der Waals surface area (Å²) < 4.78 is 14.6. The number of fused-ring (bicyclic) bond motifs is 2. The Kier molecular flexibility index (Phi) is 25.4. The van der Waals surface area contributed by atoms with E-state index in [1.54, 1.807) is 12.1 Å². The number of hydrogen-bond acceptors (Lipinski definition) is 25. The molecule has 14 unspecified atom stereocenters. The minimum Gasteiger partial charge on any atom is -0.691 e. The molecule has 31 nitrogen and oxygen atoms in total. The molecule has 0 radical (unpaired) electrons. The van der Waals surface area contributed by atoms with Crippen LogP contribution >= 0.6 is 23.7 Å². The smallest absolute Gasteiger partial charge is 0.691 e. The number of aliphatic hydroxyl groups is 7. The molecule has 3 aliphatic heterocycles. The molecule has 15 N–H and O–H groups in total. The summed E-state index contributed by atoms with van der Waals surface area (Å²) in [4.78, 5) is 115. The van der Waals surface area contributed by atoms with Gasteiger partial charge in [-0.25, -0.2) is 0 Å². The molecule has 488 valence electrons. The second-order valence-electron chi connectivity index (χ2n) is 21.9. The summed E-state index contributed by atoms with van der Waals surface area (Å²) in [6.45, 7) is 3.12. The maximum Gasteiger partial charge on any atom is 1.00 e. The first-order chi connectivity index (χ1) is 43.4. The molecular formula is C58H67N10NaO21S2. The van der Waals surface area contributed by atoms with Crippen molar-refractivity contribution in [2.75, 3.05) is 26.2 Å². The average molecular weight is 1330 g/mol. The van der Waals surface area contributed by atoms with E-state index in [0.29, 0.717) is 22.2 Å². The van der Waals surface area contributed by atoms with Crippen LogP contribution < -0.4 is 76.1 Å². The number of primary amides is 1. The number of rotatable bonds is 18. The third-order valence-corrected chi connectivity index (χ3v) is 16.8. The predicted octanol–water partition coefficient (Wildman–Crippen LogP) is -5.87. The molecule has 1 aromatic heterocycles. The van der Waals surface area contributed by atoms with Gasteiger partial charge >= 0.3 is 29.6 Å². The van der Waals surface area contributed by atoms with Gasteiger partial charge in [0.05, 0.1) is 43.5 Å². The number of nitrogens with zero attached hydrogens (tertiary/aromatic N) is 4. The van der Waals surface area contributed by atoms with Gasteiger partial charge in [-0.05, 0) is 66.9 Å². The Morgan fingerprint density at radius 1 is 0.761 bits per heavy atom. The molecule has 4 heterocycles. The molecule has 3 fully saturated rings. The normalized spacial score (nSPS) is 24.8. The van der Waals surface area contributed by atoms with Gasteiger partial charge in [-0.3, -0.25) is 43.4 Å². The van der Waals surface area contributed by atoms with Gasteiger partial charge in [0.25, 0.3) is 18.2 Å². The molecule has 0 saturated carbocycles. The summed E-state index contributed by atoms with van der Waals surface area (Å²) >= 11 is 1.19. The monoisotopic (exact) mass is 1330 g/mol. The number of aromatic nitrogens is 2. The van der Waals surface area contributed by atoms with Gasteiger partial charge in [-0.1, -0.05) is 72.9 Å². The maximum absolute atomic E-state index is 14.7. The number of phenols is 1. The first-order valence-corrected chi connectivity index (χ1v) is 29.9. The van der Waals surface area contributed by atoms with E-state index in [0.717, 1.165) is 57.4 Å². The predicted molar refractivity (Wildman–Crippen MR) is 316 cm³/mol. The first-order valence-electron chi connectivity index (χ1n) is 28.4. The average Bonchev–Trinajstić information content (AvgIpc) is 1.61. The summed E-state index contributed by atoms with van der Waals surface area (Å²) in [5, 5.41) is 125. The zero-order valence-electron chi connectivity index (χ0n) is 49.8. The summed E-state index contributed by atoms with van der Waals surface area (Å²) in [6.07, 6.45) is -16.2. The van der Waals surface area contributed by atoms with E-state index < -0.39 is 183 Å². The van der Waals surface area contributed by atoms with E-state index in [4.69, 9.17) is 14.7 Å². The number of aliphatic hydroxyl groups excluding tert-OH is 7. The van der Waals surface area contributed by atoms with Crippen molar-refractivity contribution >= 4 is 70.9 Å². The summed E-state index contributed by atoms with van der Waals surface area (Å²) in [5.41, 5.74) is 8.31. The number of benzene rings is 4. The first kappa shape index (κ1) is 72.0. The van der Waals surface area contributed by atoms with E-state index in [2.05, 4.69) is 46.2 Å². The van der Waals surface area contributed by atoms with Gasteiger partial charge < -0.3 is 97.1 Å². The van der Waals surface area contributed by atoms with Crippen LogP contribution in [0.5, 0.6) is 17.2 Å². The number of nitrogens with one attached hydrogen (secondary N) is 5. The van der Waals surface area contributed by atoms with E-state index in [1.807, 2.05) is 55.5 Å². The number of hydrogen-bond donors (Lipinski definition) is 14. The number of carbonyl (C=O) groups is 8. The Bertz CT molecular complexity index is 3430. The zero-order chi connectivity index (χ0) is 66.0. The van der Waals surface area contributed by atoms with Crippen LogP contribution in [0.1, 0.15) is 62.1 Å². The standard InChI is InChI=1S/C58H68N10O21S2.Na/c1-4-86-36-16-13-29(14-17-36)28-5-9-31(10-6-28)55-65-66-56(90-55)32-11-7-30(8-12-32)50(78)61-37-20-34(70)23-60-54(82)46-47(75)26(2)24-68(46)58(84)44(40(73)22-42(59)74)63-53(81)45(49(77)48(76)33-15-18-39(72)41(19-33)87-91-89-88-85)64-52(80)38-21-35(71)25-67(38)57(83)43(27(3)69)62-51(37)79;/h5-19,26-27,34-35,37-38,40,43-49,69-73,75-77,85H,4,20-25H2,1-3H3,(H2,59,74)(H,60,82)(H,61,78)(H,62,79)(H,63,81)(H,64,80);/q;+1/p-1. The molecule has 14 atom stereocenters. The zero-order valence-corrected chi connectivity index (χ0v) is 53.4. The molecular weight excluding hydrogens is 1260 g/mol. The van der Waals surface area contributed by atoms with E-state index in [9.17, 15) is 84.5 Å². The fraction of sp³-hybridized carbons (Fsp3) is 0.414. The van der Waals surface area contributed by atoms with Crippen molar-refractivity contribution in [2.24, 2.45) is 11.7 Å². The number of ether oxygens (including phenoxy) is 1. The number of aromatic hydroxyl groups is 1. The summed E-state index contributed by atoms with van der Waals surface area (Å²) in [7, 11) is 0. The molecule has 4 aromatic carbocycles. The molecule has 5 aromatic rings. The van der Waals surface area contributed by atoms with Gasteiger partial charge in [0, 0.05) is 55.1 Å². The SMILES string of the molecule is CCOc1ccc(-c2ccc(-c3nnc(-c4ccc(C(=O)NC5CC(O)CNC(=O)C6C(O)C(C)CN6C(=O)C(C(O)CC(N)=O)NC(=O)C(C(O)C(O)c6ccc(O)c(OSOO[O-])c6)NC(=O)C6CC(O)CN6C(=O)C(C(C)O)NC5=O)cc4)s3)cc2)cc1.[Na+].